The van der Waals surface area contributed by atoms with Gasteiger partial charge in [0.2, 0.25) is 0 Å². The predicted octanol–water partition coefficient (Wildman–Crippen LogP) is 16.7. The van der Waals surface area contributed by atoms with Crippen molar-refractivity contribution in [2.75, 3.05) is 9.80 Å². The van der Waals surface area contributed by atoms with E-state index >= 15 is 0 Å². The normalized spacial score (nSPS) is 19.0. The van der Waals surface area contributed by atoms with Crippen LogP contribution in [-0.4, -0.2) is 0 Å². The quantitative estimate of drug-likeness (QED) is 0.150. The summed E-state index contributed by atoms with van der Waals surface area (Å²) in [5.41, 5.74) is 23.6. The summed E-state index contributed by atoms with van der Waals surface area (Å²) in [6, 6.07) is 81.9. The van der Waals surface area contributed by atoms with Gasteiger partial charge in [0.1, 0.15) is 0 Å². The van der Waals surface area contributed by atoms with Gasteiger partial charge in [-0.15, -0.1) is 0 Å². The van der Waals surface area contributed by atoms with Crippen LogP contribution < -0.4 is 9.80 Å². The van der Waals surface area contributed by atoms with Crippen molar-refractivity contribution < 1.29 is 0 Å². The lowest BCUT2D eigenvalue weighted by molar-refractivity contribution is 0.350. The van der Waals surface area contributed by atoms with Gasteiger partial charge in [-0.1, -0.05) is 172 Å². The van der Waals surface area contributed by atoms with E-state index in [-0.39, 0.29) is 10.8 Å². The standard InChI is InChI=1S/C64H52N2/c1-63(2)57-25-13-12-24-55(57)56-39-38-54(42-58(56)63)66(53-36-32-46(33-37-53)45-30-28-44(29-31-45)43-16-6-3-7-17-43)60-27-15-19-48-41-50-35-34-49-40-47-18-14-26-59(61(47)64(49,50)62(48)60)65(51-20-8-4-9-21-51)52-22-10-5-11-23-52/h3-33,36-39,42,49-50H,34-35,40-41H2,1-2H3. The Morgan fingerprint density at radius 2 is 0.788 bits per heavy atom. The molecule has 4 aliphatic rings. The van der Waals surface area contributed by atoms with Crippen LogP contribution in [0.4, 0.5) is 34.1 Å². The first kappa shape index (κ1) is 39.0. The second kappa shape index (κ2) is 15.1. The van der Waals surface area contributed by atoms with Crippen LogP contribution in [0.15, 0.2) is 218 Å². The van der Waals surface area contributed by atoms with Crippen LogP contribution in [0.1, 0.15) is 60.1 Å². The lowest BCUT2D eigenvalue weighted by Crippen LogP contribution is -2.34. The molecule has 3 unspecified atom stereocenters. The molecule has 1 spiro atoms. The zero-order chi connectivity index (χ0) is 44.0. The fourth-order valence-corrected chi connectivity index (χ4v) is 13.2. The fraction of sp³-hybridized carbons (Fsp3) is 0.156. The third-order valence-electron chi connectivity index (χ3n) is 16.0. The molecule has 1 saturated carbocycles. The van der Waals surface area contributed by atoms with Crippen LogP contribution in [-0.2, 0) is 23.7 Å². The van der Waals surface area contributed by atoms with Crippen molar-refractivity contribution in [2.45, 2.75) is 50.4 Å². The van der Waals surface area contributed by atoms with E-state index in [0.717, 1.165) is 12.8 Å². The number of nitrogens with zero attached hydrogens (tertiary/aromatic N) is 2. The number of rotatable bonds is 8. The van der Waals surface area contributed by atoms with Crippen LogP contribution in [0, 0.1) is 11.8 Å². The number of anilines is 6. The molecule has 0 radical (unpaired) electrons. The van der Waals surface area contributed by atoms with Crippen LogP contribution in [0.2, 0.25) is 0 Å². The highest BCUT2D eigenvalue weighted by Crippen LogP contribution is 2.69. The summed E-state index contributed by atoms with van der Waals surface area (Å²) in [6.45, 7) is 4.80. The van der Waals surface area contributed by atoms with Crippen LogP contribution in [0.3, 0.4) is 0 Å². The van der Waals surface area contributed by atoms with E-state index in [2.05, 4.69) is 242 Å². The molecule has 0 aromatic heterocycles. The van der Waals surface area contributed by atoms with Crippen LogP contribution in [0.5, 0.6) is 0 Å². The number of benzene rings is 9. The smallest absolute Gasteiger partial charge is 0.0505 e. The molecule has 9 aromatic carbocycles. The zero-order valence-corrected chi connectivity index (χ0v) is 37.7. The third-order valence-corrected chi connectivity index (χ3v) is 16.0. The van der Waals surface area contributed by atoms with Gasteiger partial charge in [0, 0.05) is 33.6 Å². The van der Waals surface area contributed by atoms with Gasteiger partial charge in [0.25, 0.3) is 0 Å². The third kappa shape index (κ3) is 5.80. The summed E-state index contributed by atoms with van der Waals surface area (Å²) in [4.78, 5) is 5.16. The van der Waals surface area contributed by atoms with Crippen LogP contribution in [0.25, 0.3) is 33.4 Å². The van der Waals surface area contributed by atoms with Gasteiger partial charge >= 0.3 is 0 Å². The topological polar surface area (TPSA) is 6.48 Å². The molecule has 0 saturated heterocycles. The average molecular weight is 849 g/mol. The molecule has 0 N–H and O–H groups in total. The summed E-state index contributed by atoms with van der Waals surface area (Å²) in [5.74, 6) is 1.04. The summed E-state index contributed by atoms with van der Waals surface area (Å²) in [7, 11) is 0. The maximum absolute atomic E-state index is 2.62. The van der Waals surface area contributed by atoms with Gasteiger partial charge in [-0.25, -0.2) is 0 Å². The zero-order valence-electron chi connectivity index (χ0n) is 37.7. The molecule has 0 aliphatic heterocycles. The molecule has 66 heavy (non-hydrogen) atoms. The molecule has 2 nitrogen and oxygen atoms in total. The molecule has 3 atom stereocenters. The van der Waals surface area contributed by atoms with Gasteiger partial charge < -0.3 is 9.80 Å². The van der Waals surface area contributed by atoms with E-state index in [1.165, 1.54) is 114 Å². The number of fused-ring (bicyclic) bond motifs is 5. The second-order valence-electron chi connectivity index (χ2n) is 19.6. The first-order chi connectivity index (χ1) is 32.5. The molecule has 0 bridgehead atoms. The van der Waals surface area contributed by atoms with Crippen LogP contribution >= 0.6 is 0 Å². The van der Waals surface area contributed by atoms with Crippen molar-refractivity contribution in [2.24, 2.45) is 11.8 Å². The lowest BCUT2D eigenvalue weighted by Gasteiger charge is -2.40. The van der Waals surface area contributed by atoms with Gasteiger partial charge in [0.15, 0.2) is 0 Å². The molecule has 9 aromatic rings. The Bertz CT molecular complexity index is 3230. The maximum Gasteiger partial charge on any atom is 0.0505 e. The summed E-state index contributed by atoms with van der Waals surface area (Å²) in [6.07, 6.45) is 4.69. The van der Waals surface area contributed by atoms with Crippen molar-refractivity contribution in [1.29, 1.82) is 0 Å². The number of hydrogen-bond donors (Lipinski definition) is 0. The molecule has 4 aliphatic carbocycles. The van der Waals surface area contributed by atoms with Gasteiger partial charge in [0.05, 0.1) is 11.4 Å². The largest absolute Gasteiger partial charge is 0.310 e. The predicted molar refractivity (Wildman–Crippen MR) is 275 cm³/mol. The van der Waals surface area contributed by atoms with E-state index in [4.69, 9.17) is 0 Å². The van der Waals surface area contributed by atoms with E-state index in [9.17, 15) is 0 Å². The highest BCUT2D eigenvalue weighted by molar-refractivity contribution is 5.89. The molecule has 2 heteroatoms. The molecule has 0 amide bonds. The Morgan fingerprint density at radius 1 is 0.364 bits per heavy atom. The first-order valence-corrected chi connectivity index (χ1v) is 23.9. The first-order valence-electron chi connectivity index (χ1n) is 23.9. The Labute approximate surface area is 389 Å². The number of hydrogen-bond acceptors (Lipinski definition) is 2. The Balaban J connectivity index is 1.01. The summed E-state index contributed by atoms with van der Waals surface area (Å²) >= 11 is 0. The molecule has 13 rings (SSSR count). The van der Waals surface area contributed by atoms with Crippen molar-refractivity contribution in [1.82, 2.24) is 0 Å². The molecule has 0 heterocycles. The number of para-hydroxylation sites is 2. The van der Waals surface area contributed by atoms with Crippen molar-refractivity contribution in [3.63, 3.8) is 0 Å². The highest BCUT2D eigenvalue weighted by atomic mass is 15.2. The van der Waals surface area contributed by atoms with Crippen molar-refractivity contribution in [3.8, 4) is 33.4 Å². The molecular weight excluding hydrogens is 797 g/mol. The minimum Gasteiger partial charge on any atom is -0.310 e. The minimum absolute atomic E-state index is 0.125. The molecule has 318 valence electrons. The highest BCUT2D eigenvalue weighted by Gasteiger charge is 2.62. The SMILES string of the molecule is CC1(C)c2ccccc2-c2ccc(N(c3ccc(-c4ccc(-c5ccccc5)cc4)cc3)c3cccc4c3C35c6c(cccc6N(c6ccccc6)c6ccccc6)CC3CCC5C4)cc21. The monoisotopic (exact) mass is 848 g/mol. The molecule has 1 fully saturated rings. The van der Waals surface area contributed by atoms with Crippen molar-refractivity contribution in [3.05, 3.63) is 252 Å². The minimum atomic E-state index is -0.134. The Kier molecular flexibility index (Phi) is 8.90. The van der Waals surface area contributed by atoms with E-state index in [1.54, 1.807) is 0 Å². The van der Waals surface area contributed by atoms with Gasteiger partial charge in [-0.05, 0) is 165 Å². The van der Waals surface area contributed by atoms with Crippen molar-refractivity contribution >= 4 is 34.1 Å². The van der Waals surface area contributed by atoms with Gasteiger partial charge in [-0.2, -0.15) is 0 Å². The average Bonchev–Trinajstić information content (AvgIpc) is 4.07. The van der Waals surface area contributed by atoms with E-state index in [1.807, 2.05) is 0 Å². The Hall–Kier alpha value is -7.42. The van der Waals surface area contributed by atoms with E-state index < -0.39 is 0 Å². The summed E-state index contributed by atoms with van der Waals surface area (Å²) < 4.78 is 0. The van der Waals surface area contributed by atoms with E-state index in [0.29, 0.717) is 11.8 Å². The lowest BCUT2D eigenvalue weighted by atomic mass is 9.68. The summed E-state index contributed by atoms with van der Waals surface area (Å²) in [5, 5.41) is 0. The fourth-order valence-electron chi connectivity index (χ4n) is 13.2. The maximum atomic E-state index is 2.62. The Morgan fingerprint density at radius 3 is 1.35 bits per heavy atom. The van der Waals surface area contributed by atoms with Gasteiger partial charge in [-0.3, -0.25) is 0 Å². The second-order valence-corrected chi connectivity index (χ2v) is 19.6. The molecular formula is C64H52N2.